The van der Waals surface area contributed by atoms with Gasteiger partial charge in [0.15, 0.2) is 0 Å². The summed E-state index contributed by atoms with van der Waals surface area (Å²) in [5.74, 6) is 0.853. The molecule has 1 aromatic heterocycles. The van der Waals surface area contributed by atoms with Gasteiger partial charge in [0, 0.05) is 13.1 Å². The zero-order valence-electron chi connectivity index (χ0n) is 7.13. The van der Waals surface area contributed by atoms with Gasteiger partial charge in [-0.05, 0) is 6.92 Å². The molecule has 0 aromatic carbocycles. The molecule has 0 saturated heterocycles. The fourth-order valence-electron chi connectivity index (χ4n) is 0.947. The molecule has 0 amide bonds. The number of halogens is 1. The molecule has 0 aliphatic carbocycles. The summed E-state index contributed by atoms with van der Waals surface area (Å²) in [4.78, 5) is 0. The smallest absolute Gasteiger partial charge is 0.146 e. The van der Waals surface area contributed by atoms with Gasteiger partial charge in [-0.1, -0.05) is 0 Å². The zero-order chi connectivity index (χ0) is 8.81. The van der Waals surface area contributed by atoms with E-state index in [0.717, 1.165) is 12.4 Å². The van der Waals surface area contributed by atoms with E-state index in [0.29, 0.717) is 13.1 Å². The molecule has 0 aliphatic heterocycles. The predicted octanol–water partition coefficient (Wildman–Crippen LogP) is 0.357. The molecule has 0 unspecified atom stereocenters. The standard InChI is InChI=1S/C7H13FN4/c1-2-12-6-10-11-7(12)5-9-4-3-8/h6,9H,2-5H2,1H3. The molecule has 0 atom stereocenters. The summed E-state index contributed by atoms with van der Waals surface area (Å²) in [6.07, 6.45) is 1.67. The average molecular weight is 172 g/mol. The maximum absolute atomic E-state index is 11.7. The van der Waals surface area contributed by atoms with E-state index in [-0.39, 0.29) is 6.67 Å². The molecule has 68 valence electrons. The zero-order valence-corrected chi connectivity index (χ0v) is 7.13. The highest BCUT2D eigenvalue weighted by Gasteiger charge is 2.00. The van der Waals surface area contributed by atoms with Crippen molar-refractivity contribution in [1.29, 1.82) is 0 Å². The van der Waals surface area contributed by atoms with E-state index in [2.05, 4.69) is 15.5 Å². The van der Waals surface area contributed by atoms with Crippen molar-refractivity contribution >= 4 is 0 Å². The fraction of sp³-hybridized carbons (Fsp3) is 0.714. The first-order valence-corrected chi connectivity index (χ1v) is 4.01. The van der Waals surface area contributed by atoms with Crippen LogP contribution in [-0.4, -0.2) is 28.0 Å². The highest BCUT2D eigenvalue weighted by atomic mass is 19.1. The number of aromatic nitrogens is 3. The van der Waals surface area contributed by atoms with Crippen molar-refractivity contribution in [2.75, 3.05) is 13.2 Å². The first-order valence-electron chi connectivity index (χ1n) is 4.01. The fourth-order valence-corrected chi connectivity index (χ4v) is 0.947. The van der Waals surface area contributed by atoms with Crippen LogP contribution in [0.1, 0.15) is 12.7 Å². The topological polar surface area (TPSA) is 42.7 Å². The van der Waals surface area contributed by atoms with Crippen LogP contribution in [0, 0.1) is 0 Å². The third-order valence-electron chi connectivity index (χ3n) is 1.59. The van der Waals surface area contributed by atoms with Crippen molar-refractivity contribution in [2.45, 2.75) is 20.0 Å². The van der Waals surface area contributed by atoms with Crippen LogP contribution >= 0.6 is 0 Å². The Kier molecular flexibility index (Phi) is 3.66. The van der Waals surface area contributed by atoms with Gasteiger partial charge in [-0.2, -0.15) is 0 Å². The van der Waals surface area contributed by atoms with E-state index in [1.165, 1.54) is 0 Å². The molecular formula is C7H13FN4. The van der Waals surface area contributed by atoms with Gasteiger partial charge in [-0.25, -0.2) is 4.39 Å². The lowest BCUT2D eigenvalue weighted by Gasteiger charge is -2.02. The van der Waals surface area contributed by atoms with E-state index in [4.69, 9.17) is 0 Å². The van der Waals surface area contributed by atoms with Gasteiger partial charge < -0.3 is 9.88 Å². The van der Waals surface area contributed by atoms with E-state index < -0.39 is 0 Å². The van der Waals surface area contributed by atoms with E-state index in [9.17, 15) is 4.39 Å². The number of hydrogen-bond acceptors (Lipinski definition) is 3. The Hall–Kier alpha value is -0.970. The number of rotatable bonds is 5. The van der Waals surface area contributed by atoms with Crippen molar-refractivity contribution in [3.05, 3.63) is 12.2 Å². The van der Waals surface area contributed by atoms with Crippen LogP contribution in [-0.2, 0) is 13.1 Å². The maximum Gasteiger partial charge on any atom is 0.146 e. The lowest BCUT2D eigenvalue weighted by molar-refractivity contribution is 0.461. The number of alkyl halides is 1. The Morgan fingerprint density at radius 1 is 1.67 bits per heavy atom. The normalized spacial score (nSPS) is 10.5. The molecular weight excluding hydrogens is 159 g/mol. The van der Waals surface area contributed by atoms with Crippen molar-refractivity contribution in [2.24, 2.45) is 0 Å². The minimum absolute atomic E-state index is 0.347. The summed E-state index contributed by atoms with van der Waals surface area (Å²) in [6.45, 7) is 3.47. The molecule has 5 heteroatoms. The highest BCUT2D eigenvalue weighted by molar-refractivity contribution is 4.84. The van der Waals surface area contributed by atoms with Gasteiger partial charge in [0.1, 0.15) is 18.8 Å². The van der Waals surface area contributed by atoms with Crippen molar-refractivity contribution in [1.82, 2.24) is 20.1 Å². The predicted molar refractivity (Wildman–Crippen MR) is 43.4 cm³/mol. The summed E-state index contributed by atoms with van der Waals surface area (Å²) in [5.41, 5.74) is 0. The number of nitrogens with zero attached hydrogens (tertiary/aromatic N) is 3. The Balaban J connectivity index is 2.39. The quantitative estimate of drug-likeness (QED) is 0.652. The highest BCUT2D eigenvalue weighted by Crippen LogP contribution is 1.93. The third-order valence-corrected chi connectivity index (χ3v) is 1.59. The molecule has 0 saturated carbocycles. The molecule has 1 N–H and O–H groups in total. The summed E-state index contributed by atoms with van der Waals surface area (Å²) < 4.78 is 13.6. The number of aryl methyl sites for hydroxylation is 1. The molecule has 1 heterocycles. The van der Waals surface area contributed by atoms with Gasteiger partial charge in [0.2, 0.25) is 0 Å². The molecule has 0 spiro atoms. The van der Waals surface area contributed by atoms with Crippen molar-refractivity contribution in [3.63, 3.8) is 0 Å². The SMILES string of the molecule is CCn1cnnc1CNCCF. The van der Waals surface area contributed by atoms with Crippen LogP contribution in [0.4, 0.5) is 4.39 Å². The first kappa shape index (κ1) is 9.12. The van der Waals surface area contributed by atoms with Gasteiger partial charge in [0.25, 0.3) is 0 Å². The molecule has 1 rings (SSSR count). The lowest BCUT2D eigenvalue weighted by atomic mass is 10.5. The second-order valence-corrected chi connectivity index (χ2v) is 2.40. The van der Waals surface area contributed by atoms with E-state index in [1.807, 2.05) is 11.5 Å². The molecule has 0 bridgehead atoms. The largest absolute Gasteiger partial charge is 0.317 e. The minimum atomic E-state index is -0.347. The second-order valence-electron chi connectivity index (χ2n) is 2.40. The maximum atomic E-state index is 11.7. The Morgan fingerprint density at radius 3 is 3.17 bits per heavy atom. The van der Waals surface area contributed by atoms with Gasteiger partial charge in [0.05, 0.1) is 6.54 Å². The van der Waals surface area contributed by atoms with Crippen LogP contribution in [0.5, 0.6) is 0 Å². The van der Waals surface area contributed by atoms with Crippen molar-refractivity contribution < 1.29 is 4.39 Å². The molecule has 0 fully saturated rings. The van der Waals surface area contributed by atoms with Gasteiger partial charge >= 0.3 is 0 Å². The second kappa shape index (κ2) is 4.82. The third kappa shape index (κ3) is 2.27. The molecule has 0 radical (unpaired) electrons. The molecule has 1 aromatic rings. The molecule has 12 heavy (non-hydrogen) atoms. The lowest BCUT2D eigenvalue weighted by Crippen LogP contribution is -2.19. The molecule has 0 aliphatic rings. The first-order chi connectivity index (χ1) is 5.88. The van der Waals surface area contributed by atoms with Crippen LogP contribution in [0.25, 0.3) is 0 Å². The number of hydrogen-bond donors (Lipinski definition) is 1. The Bertz CT molecular complexity index is 223. The Labute approximate surface area is 70.8 Å². The summed E-state index contributed by atoms with van der Waals surface area (Å²) >= 11 is 0. The van der Waals surface area contributed by atoms with Crippen LogP contribution in [0.2, 0.25) is 0 Å². The van der Waals surface area contributed by atoms with E-state index in [1.54, 1.807) is 6.33 Å². The summed E-state index contributed by atoms with van der Waals surface area (Å²) in [6, 6.07) is 0. The summed E-state index contributed by atoms with van der Waals surface area (Å²) in [7, 11) is 0. The van der Waals surface area contributed by atoms with Crippen molar-refractivity contribution in [3.8, 4) is 0 Å². The van der Waals surface area contributed by atoms with E-state index >= 15 is 0 Å². The number of nitrogens with one attached hydrogen (secondary N) is 1. The average Bonchev–Trinajstić information content (AvgIpc) is 2.52. The minimum Gasteiger partial charge on any atom is -0.317 e. The van der Waals surface area contributed by atoms with Gasteiger partial charge in [-0.15, -0.1) is 10.2 Å². The summed E-state index contributed by atoms with van der Waals surface area (Å²) in [5, 5.41) is 10.6. The van der Waals surface area contributed by atoms with Crippen LogP contribution in [0.3, 0.4) is 0 Å². The van der Waals surface area contributed by atoms with Crippen LogP contribution in [0.15, 0.2) is 6.33 Å². The monoisotopic (exact) mass is 172 g/mol. The Morgan fingerprint density at radius 2 is 2.50 bits per heavy atom. The molecule has 4 nitrogen and oxygen atoms in total. The van der Waals surface area contributed by atoms with Gasteiger partial charge in [-0.3, -0.25) is 0 Å². The van der Waals surface area contributed by atoms with Crippen LogP contribution < -0.4 is 5.32 Å².